The molecule has 1 N–H and O–H groups in total. The number of aromatic nitrogens is 1. The Labute approximate surface area is 111 Å². The lowest BCUT2D eigenvalue weighted by Crippen LogP contribution is -2.53. The van der Waals surface area contributed by atoms with E-state index < -0.39 is 0 Å². The highest BCUT2D eigenvalue weighted by molar-refractivity contribution is 5.94. The van der Waals surface area contributed by atoms with E-state index in [1.54, 1.807) is 4.90 Å². The molecule has 0 unspecified atom stereocenters. The first-order valence-corrected chi connectivity index (χ1v) is 6.69. The first-order valence-electron chi connectivity index (χ1n) is 6.69. The Balaban J connectivity index is 1.61. The molecule has 1 aliphatic heterocycles. The van der Waals surface area contributed by atoms with Crippen LogP contribution in [-0.2, 0) is 22.4 Å². The summed E-state index contributed by atoms with van der Waals surface area (Å²) in [5.41, 5.74) is 2.02. The van der Waals surface area contributed by atoms with Crippen LogP contribution in [-0.4, -0.2) is 35.0 Å². The topological polar surface area (TPSA) is 75.4 Å². The molecule has 19 heavy (non-hydrogen) atoms. The fraction of sp³-hybridized carbons (Fsp3) is 0.615. The van der Waals surface area contributed by atoms with Crippen LogP contribution in [0.3, 0.4) is 0 Å². The van der Waals surface area contributed by atoms with E-state index in [2.05, 4.69) is 10.5 Å². The van der Waals surface area contributed by atoms with Gasteiger partial charge in [-0.25, -0.2) is 0 Å². The molecule has 2 amide bonds. The second-order valence-electron chi connectivity index (χ2n) is 5.25. The number of anilines is 1. The van der Waals surface area contributed by atoms with Crippen LogP contribution in [0.2, 0.25) is 0 Å². The molecule has 0 spiro atoms. The van der Waals surface area contributed by atoms with Gasteiger partial charge in [-0.05, 0) is 25.7 Å². The van der Waals surface area contributed by atoms with Gasteiger partial charge in [-0.2, -0.15) is 0 Å². The molecule has 1 aromatic rings. The van der Waals surface area contributed by atoms with Crippen LogP contribution in [0, 0.1) is 5.92 Å². The molecule has 102 valence electrons. The average Bonchev–Trinajstić information content (AvgIpc) is 2.70. The quantitative estimate of drug-likeness (QED) is 0.862. The predicted octanol–water partition coefficient (Wildman–Crippen LogP) is 0.970. The van der Waals surface area contributed by atoms with Gasteiger partial charge in [-0.15, -0.1) is 0 Å². The van der Waals surface area contributed by atoms with Gasteiger partial charge in [0, 0.05) is 25.6 Å². The van der Waals surface area contributed by atoms with E-state index >= 15 is 0 Å². The molecule has 0 radical (unpaired) electrons. The van der Waals surface area contributed by atoms with E-state index in [9.17, 15) is 9.59 Å². The summed E-state index contributed by atoms with van der Waals surface area (Å²) in [6.45, 7) is 2.51. The molecule has 2 aliphatic rings. The lowest BCUT2D eigenvalue weighted by atomic mass is 9.96. The number of carbonyl (C=O) groups is 2. The van der Waals surface area contributed by atoms with Crippen LogP contribution in [0.25, 0.3) is 0 Å². The van der Waals surface area contributed by atoms with E-state index in [1.807, 2.05) is 0 Å². The van der Waals surface area contributed by atoms with Crippen molar-refractivity contribution in [1.29, 1.82) is 0 Å². The van der Waals surface area contributed by atoms with Crippen LogP contribution in [0.5, 0.6) is 0 Å². The van der Waals surface area contributed by atoms with Gasteiger partial charge >= 0.3 is 0 Å². The number of nitrogens with zero attached hydrogens (tertiary/aromatic N) is 2. The monoisotopic (exact) mass is 263 g/mol. The van der Waals surface area contributed by atoms with Crippen LogP contribution in [0.15, 0.2) is 4.52 Å². The maximum Gasteiger partial charge on any atom is 0.234 e. The van der Waals surface area contributed by atoms with Crippen molar-refractivity contribution in [3.63, 3.8) is 0 Å². The van der Waals surface area contributed by atoms with Gasteiger partial charge < -0.3 is 9.42 Å². The Morgan fingerprint density at radius 3 is 2.79 bits per heavy atom. The Kier molecular flexibility index (Phi) is 3.00. The van der Waals surface area contributed by atoms with Crippen LogP contribution in [0.4, 0.5) is 5.88 Å². The van der Waals surface area contributed by atoms with Crippen molar-refractivity contribution in [2.24, 2.45) is 5.92 Å². The van der Waals surface area contributed by atoms with E-state index in [4.69, 9.17) is 4.52 Å². The molecule has 6 heteroatoms. The standard InChI is InChI=1S/C13H17N3O3/c1-8(17)16-6-9(7-16)12(18)14-13-10-4-2-3-5-11(10)15-19-13/h9H,2-7H2,1H3,(H,14,18). The molecule has 3 rings (SSSR count). The number of fused-ring (bicyclic) bond motifs is 1. The summed E-state index contributed by atoms with van der Waals surface area (Å²) in [5.74, 6) is 0.303. The number of likely N-dealkylation sites (tertiary alicyclic amines) is 1. The summed E-state index contributed by atoms with van der Waals surface area (Å²) in [6, 6.07) is 0. The van der Waals surface area contributed by atoms with Crippen molar-refractivity contribution in [1.82, 2.24) is 10.1 Å². The number of hydrogen-bond donors (Lipinski definition) is 1. The SMILES string of the molecule is CC(=O)N1CC(C(=O)Nc2onc3c2CCCC3)C1. The number of aryl methyl sites for hydroxylation is 1. The van der Waals surface area contributed by atoms with E-state index in [0.29, 0.717) is 19.0 Å². The third-order valence-corrected chi connectivity index (χ3v) is 3.89. The van der Waals surface area contributed by atoms with Gasteiger partial charge in [0.2, 0.25) is 17.7 Å². The Hall–Kier alpha value is -1.85. The van der Waals surface area contributed by atoms with Crippen LogP contribution in [0.1, 0.15) is 31.0 Å². The van der Waals surface area contributed by atoms with Crippen LogP contribution < -0.4 is 5.32 Å². The van der Waals surface area contributed by atoms with Gasteiger partial charge in [-0.1, -0.05) is 5.16 Å². The third kappa shape index (κ3) is 2.22. The Morgan fingerprint density at radius 1 is 1.32 bits per heavy atom. The van der Waals surface area contributed by atoms with Gasteiger partial charge in [-0.3, -0.25) is 14.9 Å². The molecule has 1 aliphatic carbocycles. The van der Waals surface area contributed by atoms with Crippen molar-refractivity contribution in [2.45, 2.75) is 32.6 Å². The van der Waals surface area contributed by atoms with Gasteiger partial charge in [0.1, 0.15) is 0 Å². The second-order valence-corrected chi connectivity index (χ2v) is 5.25. The van der Waals surface area contributed by atoms with E-state index in [1.165, 1.54) is 6.92 Å². The summed E-state index contributed by atoms with van der Waals surface area (Å²) < 4.78 is 5.22. The first-order chi connectivity index (χ1) is 9.15. The molecule has 1 fully saturated rings. The fourth-order valence-electron chi connectivity index (χ4n) is 2.60. The summed E-state index contributed by atoms with van der Waals surface area (Å²) in [5, 5.41) is 6.81. The maximum absolute atomic E-state index is 12.0. The van der Waals surface area contributed by atoms with E-state index in [0.717, 1.165) is 36.9 Å². The second kappa shape index (κ2) is 4.68. The number of carbonyl (C=O) groups excluding carboxylic acids is 2. The molecular formula is C13H17N3O3. The Morgan fingerprint density at radius 2 is 2.05 bits per heavy atom. The zero-order valence-electron chi connectivity index (χ0n) is 10.9. The molecule has 0 aromatic carbocycles. The third-order valence-electron chi connectivity index (χ3n) is 3.89. The molecule has 2 heterocycles. The zero-order chi connectivity index (χ0) is 13.4. The highest BCUT2D eigenvalue weighted by Gasteiger charge is 2.35. The molecule has 0 saturated carbocycles. The highest BCUT2D eigenvalue weighted by atomic mass is 16.5. The number of amides is 2. The van der Waals surface area contributed by atoms with E-state index in [-0.39, 0.29) is 17.7 Å². The van der Waals surface area contributed by atoms with Crippen molar-refractivity contribution < 1.29 is 14.1 Å². The van der Waals surface area contributed by atoms with Crippen LogP contribution >= 0.6 is 0 Å². The molecule has 6 nitrogen and oxygen atoms in total. The van der Waals surface area contributed by atoms with Crippen molar-refractivity contribution in [3.8, 4) is 0 Å². The van der Waals surface area contributed by atoms with Gasteiger partial charge in [0.15, 0.2) is 0 Å². The van der Waals surface area contributed by atoms with Crippen molar-refractivity contribution >= 4 is 17.7 Å². The first kappa shape index (κ1) is 12.2. The fourth-order valence-corrected chi connectivity index (χ4v) is 2.60. The lowest BCUT2D eigenvalue weighted by Gasteiger charge is -2.37. The summed E-state index contributed by atoms with van der Waals surface area (Å²) in [6.07, 6.45) is 4.08. The number of nitrogens with one attached hydrogen (secondary N) is 1. The highest BCUT2D eigenvalue weighted by Crippen LogP contribution is 2.28. The van der Waals surface area contributed by atoms with Gasteiger partial charge in [0.05, 0.1) is 11.6 Å². The minimum absolute atomic E-state index is 0.0149. The molecular weight excluding hydrogens is 246 g/mol. The summed E-state index contributed by atoms with van der Waals surface area (Å²) in [4.78, 5) is 24.7. The maximum atomic E-state index is 12.0. The summed E-state index contributed by atoms with van der Waals surface area (Å²) >= 11 is 0. The smallest absolute Gasteiger partial charge is 0.234 e. The molecule has 1 aromatic heterocycles. The zero-order valence-corrected chi connectivity index (χ0v) is 10.9. The normalized spacial score (nSPS) is 18.7. The largest absolute Gasteiger partial charge is 0.341 e. The molecule has 0 atom stereocenters. The molecule has 1 saturated heterocycles. The molecule has 0 bridgehead atoms. The van der Waals surface area contributed by atoms with Crippen molar-refractivity contribution in [2.75, 3.05) is 18.4 Å². The Bertz CT molecular complexity index is 517. The summed E-state index contributed by atoms with van der Waals surface area (Å²) in [7, 11) is 0. The number of rotatable bonds is 2. The lowest BCUT2D eigenvalue weighted by molar-refractivity contribution is -0.139. The predicted molar refractivity (Wildman–Crippen MR) is 67.5 cm³/mol. The minimum Gasteiger partial charge on any atom is -0.341 e. The van der Waals surface area contributed by atoms with Crippen molar-refractivity contribution in [3.05, 3.63) is 11.3 Å². The van der Waals surface area contributed by atoms with Gasteiger partial charge in [0.25, 0.3) is 0 Å². The average molecular weight is 263 g/mol. The minimum atomic E-state index is -0.131. The number of hydrogen-bond acceptors (Lipinski definition) is 4.